The number of ether oxygens (including phenoxy) is 1. The van der Waals surface area contributed by atoms with Crippen molar-refractivity contribution in [3.8, 4) is 0 Å². The summed E-state index contributed by atoms with van der Waals surface area (Å²) >= 11 is 0. The Hall–Kier alpha value is -2.66. The molecule has 1 saturated heterocycles. The van der Waals surface area contributed by atoms with E-state index in [1.54, 1.807) is 6.20 Å². The number of benzene rings is 2. The van der Waals surface area contributed by atoms with E-state index in [1.165, 1.54) is 0 Å². The van der Waals surface area contributed by atoms with Crippen molar-refractivity contribution in [2.45, 2.75) is 19.1 Å². The van der Waals surface area contributed by atoms with Crippen molar-refractivity contribution in [3.05, 3.63) is 65.9 Å². The number of rotatable bonds is 2. The average molecular weight is 321 g/mol. The molecule has 24 heavy (non-hydrogen) atoms. The highest BCUT2D eigenvalue weighted by Gasteiger charge is 2.30. The van der Waals surface area contributed by atoms with E-state index in [-0.39, 0.29) is 18.1 Å². The van der Waals surface area contributed by atoms with Gasteiger partial charge in [-0.1, -0.05) is 36.4 Å². The van der Waals surface area contributed by atoms with Crippen molar-refractivity contribution >= 4 is 16.8 Å². The van der Waals surface area contributed by atoms with E-state index in [4.69, 9.17) is 4.74 Å². The molecule has 2 atom stereocenters. The summed E-state index contributed by atoms with van der Waals surface area (Å²) in [5.41, 5.74) is 2.66. The molecule has 3 aromatic rings. The fourth-order valence-corrected chi connectivity index (χ4v) is 3.29. The first-order valence-electron chi connectivity index (χ1n) is 8.14. The van der Waals surface area contributed by atoms with E-state index in [2.05, 4.69) is 10.2 Å². The second-order valence-electron chi connectivity index (χ2n) is 6.19. The maximum Gasteiger partial charge on any atom is 0.254 e. The first-order chi connectivity index (χ1) is 11.7. The highest BCUT2D eigenvalue weighted by atomic mass is 16.5. The minimum absolute atomic E-state index is 0.00328. The molecule has 2 heterocycles. The van der Waals surface area contributed by atoms with Gasteiger partial charge in [-0.3, -0.25) is 9.89 Å². The zero-order valence-corrected chi connectivity index (χ0v) is 13.5. The highest BCUT2D eigenvalue weighted by Crippen LogP contribution is 2.27. The highest BCUT2D eigenvalue weighted by molar-refractivity contribution is 6.06. The van der Waals surface area contributed by atoms with Gasteiger partial charge in [0.15, 0.2) is 0 Å². The van der Waals surface area contributed by atoms with Gasteiger partial charge in [0, 0.05) is 11.9 Å². The van der Waals surface area contributed by atoms with E-state index >= 15 is 0 Å². The Morgan fingerprint density at radius 2 is 2.00 bits per heavy atom. The maximum atomic E-state index is 13.1. The third-order valence-electron chi connectivity index (χ3n) is 4.43. The van der Waals surface area contributed by atoms with Crippen LogP contribution in [0.25, 0.3) is 10.9 Å². The number of nitrogens with zero attached hydrogens (tertiary/aromatic N) is 2. The van der Waals surface area contributed by atoms with Gasteiger partial charge in [0.05, 0.1) is 29.9 Å². The second-order valence-corrected chi connectivity index (χ2v) is 6.19. The number of amides is 1. The summed E-state index contributed by atoms with van der Waals surface area (Å²) in [6.07, 6.45) is 1.61. The average Bonchev–Trinajstić information content (AvgIpc) is 3.10. The van der Waals surface area contributed by atoms with Crippen LogP contribution in [0.1, 0.15) is 28.9 Å². The molecule has 1 aromatic heterocycles. The number of nitrogens with one attached hydrogen (secondary N) is 1. The molecular formula is C19H19N3O2. The molecule has 0 aliphatic carbocycles. The number of morpholine rings is 1. The fourth-order valence-electron chi connectivity index (χ4n) is 3.29. The number of H-pyrrole nitrogens is 1. The standard InChI is InChI=1S/C19H19N3O2/c1-13-11-22(12-18(24-13)14-6-3-2-4-7-14)19(23)15-8-5-9-17-16(15)10-20-21-17/h2-10,13,18H,11-12H2,1H3,(H,20,21)/t13-,18+/m1/s1. The van der Waals surface area contributed by atoms with E-state index in [1.807, 2.05) is 60.4 Å². The number of carbonyl (C=O) groups is 1. The SMILES string of the molecule is C[C@@H]1CN(C(=O)c2cccc3[nH]ncc23)C[C@@H](c2ccccc2)O1. The van der Waals surface area contributed by atoms with Crippen molar-refractivity contribution in [3.63, 3.8) is 0 Å². The van der Waals surface area contributed by atoms with Crippen molar-refractivity contribution in [1.29, 1.82) is 0 Å². The first-order valence-corrected chi connectivity index (χ1v) is 8.14. The first kappa shape index (κ1) is 14.9. The van der Waals surface area contributed by atoms with Crippen molar-refractivity contribution in [2.24, 2.45) is 0 Å². The van der Waals surface area contributed by atoms with E-state index in [0.29, 0.717) is 18.7 Å². The van der Waals surface area contributed by atoms with Crippen LogP contribution in [0.2, 0.25) is 0 Å². The van der Waals surface area contributed by atoms with Gasteiger partial charge in [0.25, 0.3) is 5.91 Å². The van der Waals surface area contributed by atoms with Crippen LogP contribution in [-0.2, 0) is 4.74 Å². The molecule has 0 spiro atoms. The maximum absolute atomic E-state index is 13.1. The van der Waals surface area contributed by atoms with Gasteiger partial charge in [-0.25, -0.2) is 0 Å². The van der Waals surface area contributed by atoms with Crippen LogP contribution < -0.4 is 0 Å². The second kappa shape index (κ2) is 6.09. The Morgan fingerprint density at radius 3 is 2.83 bits per heavy atom. The number of hydrogen-bond acceptors (Lipinski definition) is 3. The zero-order chi connectivity index (χ0) is 16.5. The minimum atomic E-state index is -0.0950. The Labute approximate surface area is 140 Å². The number of fused-ring (bicyclic) bond motifs is 1. The molecule has 4 rings (SSSR count). The van der Waals surface area contributed by atoms with Gasteiger partial charge < -0.3 is 9.64 Å². The van der Waals surface area contributed by atoms with Crippen LogP contribution >= 0.6 is 0 Å². The summed E-state index contributed by atoms with van der Waals surface area (Å²) in [5, 5.41) is 7.82. The molecule has 1 N–H and O–H groups in total. The molecule has 0 radical (unpaired) electrons. The topological polar surface area (TPSA) is 58.2 Å². The van der Waals surface area contributed by atoms with Crippen LogP contribution in [0, 0.1) is 0 Å². The molecule has 122 valence electrons. The predicted molar refractivity (Wildman–Crippen MR) is 91.7 cm³/mol. The molecule has 2 aromatic carbocycles. The van der Waals surface area contributed by atoms with Gasteiger partial charge in [-0.05, 0) is 24.6 Å². The molecular weight excluding hydrogens is 302 g/mol. The number of hydrogen-bond donors (Lipinski definition) is 1. The van der Waals surface area contributed by atoms with E-state index in [9.17, 15) is 4.79 Å². The smallest absolute Gasteiger partial charge is 0.254 e. The summed E-state index contributed by atoms with van der Waals surface area (Å²) in [4.78, 5) is 14.9. The van der Waals surface area contributed by atoms with Crippen LogP contribution in [-0.4, -0.2) is 40.2 Å². The van der Waals surface area contributed by atoms with Crippen LogP contribution in [0.4, 0.5) is 0 Å². The molecule has 1 amide bonds. The molecule has 1 fully saturated rings. The van der Waals surface area contributed by atoms with Crippen molar-refractivity contribution < 1.29 is 9.53 Å². The minimum Gasteiger partial charge on any atom is -0.367 e. The van der Waals surface area contributed by atoms with E-state index in [0.717, 1.165) is 16.5 Å². The summed E-state index contributed by atoms with van der Waals surface area (Å²) in [6.45, 7) is 3.16. The Balaban J connectivity index is 1.63. The van der Waals surface area contributed by atoms with Crippen LogP contribution in [0.3, 0.4) is 0 Å². The number of aromatic amines is 1. The normalized spacial score (nSPS) is 21.1. The Bertz CT molecular complexity index is 859. The quantitative estimate of drug-likeness (QED) is 0.789. The Morgan fingerprint density at radius 1 is 1.17 bits per heavy atom. The van der Waals surface area contributed by atoms with Crippen molar-refractivity contribution in [1.82, 2.24) is 15.1 Å². The van der Waals surface area contributed by atoms with E-state index < -0.39 is 0 Å². The van der Waals surface area contributed by atoms with Gasteiger partial charge >= 0.3 is 0 Å². The van der Waals surface area contributed by atoms with Gasteiger partial charge in [-0.15, -0.1) is 0 Å². The molecule has 0 unspecified atom stereocenters. The summed E-state index contributed by atoms with van der Waals surface area (Å²) in [7, 11) is 0. The third-order valence-corrected chi connectivity index (χ3v) is 4.43. The molecule has 0 bridgehead atoms. The summed E-state index contributed by atoms with van der Waals surface area (Å²) in [6, 6.07) is 15.7. The predicted octanol–water partition coefficient (Wildman–Crippen LogP) is 3.17. The lowest BCUT2D eigenvalue weighted by Crippen LogP contribution is -2.46. The van der Waals surface area contributed by atoms with Gasteiger partial charge in [0.1, 0.15) is 6.10 Å². The summed E-state index contributed by atoms with van der Waals surface area (Å²) < 4.78 is 6.05. The van der Waals surface area contributed by atoms with Crippen LogP contribution in [0.5, 0.6) is 0 Å². The third kappa shape index (κ3) is 2.67. The van der Waals surface area contributed by atoms with Crippen LogP contribution in [0.15, 0.2) is 54.7 Å². The van der Waals surface area contributed by atoms with Crippen molar-refractivity contribution in [2.75, 3.05) is 13.1 Å². The molecule has 5 heteroatoms. The van der Waals surface area contributed by atoms with Gasteiger partial charge in [0.2, 0.25) is 0 Å². The number of carbonyl (C=O) groups excluding carboxylic acids is 1. The molecule has 1 aliphatic heterocycles. The lowest BCUT2D eigenvalue weighted by Gasteiger charge is -2.37. The monoisotopic (exact) mass is 321 g/mol. The fraction of sp³-hybridized carbons (Fsp3) is 0.263. The molecule has 1 aliphatic rings. The van der Waals surface area contributed by atoms with Gasteiger partial charge in [-0.2, -0.15) is 5.10 Å². The Kier molecular flexibility index (Phi) is 3.78. The molecule has 0 saturated carbocycles. The lowest BCUT2D eigenvalue weighted by atomic mass is 10.0. The lowest BCUT2D eigenvalue weighted by molar-refractivity contribution is -0.0691. The zero-order valence-electron chi connectivity index (χ0n) is 13.5. The number of aromatic nitrogens is 2. The largest absolute Gasteiger partial charge is 0.367 e. The molecule has 5 nitrogen and oxygen atoms in total. The summed E-state index contributed by atoms with van der Waals surface area (Å²) in [5.74, 6) is 0.0260.